The van der Waals surface area contributed by atoms with E-state index in [4.69, 9.17) is 0 Å². The van der Waals surface area contributed by atoms with Gasteiger partial charge in [0.25, 0.3) is 5.56 Å². The van der Waals surface area contributed by atoms with E-state index in [2.05, 4.69) is 15.3 Å². The molecule has 0 fully saturated rings. The van der Waals surface area contributed by atoms with Crippen LogP contribution in [0.3, 0.4) is 0 Å². The van der Waals surface area contributed by atoms with E-state index in [1.807, 2.05) is 55.6 Å². The fourth-order valence-electron chi connectivity index (χ4n) is 2.95. The third-order valence-electron chi connectivity index (χ3n) is 4.40. The lowest BCUT2D eigenvalue weighted by atomic mass is 10.2. The monoisotopic (exact) mass is 410 g/mol. The van der Waals surface area contributed by atoms with E-state index >= 15 is 0 Å². The van der Waals surface area contributed by atoms with Crippen LogP contribution in [0.4, 0.5) is 5.69 Å². The van der Waals surface area contributed by atoms with Gasteiger partial charge >= 0.3 is 0 Å². The smallest absolute Gasteiger partial charge is 0.272 e. The summed E-state index contributed by atoms with van der Waals surface area (Å²) in [5.74, 6) is -0.149. The molecule has 1 aromatic carbocycles. The zero-order chi connectivity index (χ0) is 19.7. The maximum absolute atomic E-state index is 12.8. The average Bonchev–Trinajstić information content (AvgIpc) is 3.17. The van der Waals surface area contributed by atoms with Crippen molar-refractivity contribution in [2.45, 2.75) is 30.8 Å². The fourth-order valence-corrected chi connectivity index (χ4v) is 4.70. The van der Waals surface area contributed by atoms with E-state index in [9.17, 15) is 9.59 Å². The Labute approximate surface area is 169 Å². The summed E-state index contributed by atoms with van der Waals surface area (Å²) >= 11 is 2.68. The lowest BCUT2D eigenvalue weighted by Gasteiger charge is -2.15. The van der Waals surface area contributed by atoms with Gasteiger partial charge in [0.15, 0.2) is 5.16 Å². The van der Waals surface area contributed by atoms with Crippen LogP contribution < -0.4 is 10.9 Å². The predicted octanol–water partition coefficient (Wildman–Crippen LogP) is 4.15. The van der Waals surface area contributed by atoms with E-state index in [0.717, 1.165) is 16.6 Å². The molecule has 0 saturated carbocycles. The van der Waals surface area contributed by atoms with Crippen molar-refractivity contribution in [2.24, 2.45) is 0 Å². The Morgan fingerprint density at radius 1 is 1.25 bits per heavy atom. The quantitative estimate of drug-likeness (QED) is 0.395. The van der Waals surface area contributed by atoms with Gasteiger partial charge in [-0.15, -0.1) is 11.3 Å². The number of benzene rings is 1. The highest BCUT2D eigenvalue weighted by Crippen LogP contribution is 2.26. The van der Waals surface area contributed by atoms with Crippen molar-refractivity contribution < 1.29 is 4.79 Å². The van der Waals surface area contributed by atoms with Crippen LogP contribution in [0.15, 0.2) is 57.9 Å². The molecule has 1 atom stereocenters. The number of nitrogens with one attached hydrogen (secondary N) is 1. The minimum absolute atomic E-state index is 0.0577. The molecule has 0 unspecified atom stereocenters. The molecule has 1 N–H and O–H groups in total. The number of fused-ring (bicyclic) bond motifs is 2. The second kappa shape index (κ2) is 7.73. The first kappa shape index (κ1) is 18.6. The summed E-state index contributed by atoms with van der Waals surface area (Å²) in [5.41, 5.74) is 2.16. The predicted molar refractivity (Wildman–Crippen MR) is 115 cm³/mol. The van der Waals surface area contributed by atoms with Crippen LogP contribution in [-0.2, 0) is 11.3 Å². The number of rotatable bonds is 5. The van der Waals surface area contributed by atoms with Crippen molar-refractivity contribution in [1.29, 1.82) is 0 Å². The summed E-state index contributed by atoms with van der Waals surface area (Å²) in [6, 6.07) is 11.2. The number of hydrogen-bond donors (Lipinski definition) is 1. The number of amides is 1. The van der Waals surface area contributed by atoms with Gasteiger partial charge in [-0.2, -0.15) is 0 Å². The molecule has 6 nitrogen and oxygen atoms in total. The molecule has 8 heteroatoms. The van der Waals surface area contributed by atoms with Crippen LogP contribution in [0, 0.1) is 0 Å². The second-order valence-electron chi connectivity index (χ2n) is 6.20. The number of thioether (sulfide) groups is 1. The third-order valence-corrected chi connectivity index (χ3v) is 6.38. The number of carbonyl (C=O) groups excluding carboxylic acids is 1. The lowest BCUT2D eigenvalue weighted by molar-refractivity contribution is -0.115. The molecule has 1 amide bonds. The van der Waals surface area contributed by atoms with Gasteiger partial charge < -0.3 is 5.32 Å². The van der Waals surface area contributed by atoms with E-state index in [1.54, 1.807) is 10.8 Å². The maximum Gasteiger partial charge on any atom is 0.272 e. The molecular formula is C20H18N4O2S2. The normalized spacial score (nSPS) is 12.4. The fraction of sp³-hybridized carbons (Fsp3) is 0.200. The topological polar surface area (TPSA) is 76.9 Å². The summed E-state index contributed by atoms with van der Waals surface area (Å²) in [7, 11) is 0. The van der Waals surface area contributed by atoms with Gasteiger partial charge in [-0.3, -0.25) is 19.1 Å². The van der Waals surface area contributed by atoms with Gasteiger partial charge in [0.1, 0.15) is 4.70 Å². The largest absolute Gasteiger partial charge is 0.324 e. The molecule has 0 radical (unpaired) electrons. The highest BCUT2D eigenvalue weighted by Gasteiger charge is 2.20. The Morgan fingerprint density at radius 2 is 2.11 bits per heavy atom. The summed E-state index contributed by atoms with van der Waals surface area (Å²) in [6.07, 6.45) is 1.72. The van der Waals surface area contributed by atoms with Crippen molar-refractivity contribution in [3.05, 3.63) is 58.3 Å². The van der Waals surface area contributed by atoms with E-state index in [-0.39, 0.29) is 11.5 Å². The molecule has 0 saturated heterocycles. The van der Waals surface area contributed by atoms with Gasteiger partial charge in [0, 0.05) is 18.1 Å². The molecule has 28 heavy (non-hydrogen) atoms. The second-order valence-corrected chi connectivity index (χ2v) is 8.43. The number of hydrogen-bond acceptors (Lipinski definition) is 6. The Balaban J connectivity index is 1.60. The van der Waals surface area contributed by atoms with Crippen molar-refractivity contribution >= 4 is 55.8 Å². The SMILES string of the molecule is CCn1c(S[C@@H](C)C(=O)Nc2cccc3ncccc23)nc2ccsc2c1=O. The number of anilines is 1. The highest BCUT2D eigenvalue weighted by molar-refractivity contribution is 8.00. The molecule has 4 rings (SSSR count). The number of thiophene rings is 1. The molecule has 3 heterocycles. The molecule has 142 valence electrons. The van der Waals surface area contributed by atoms with Crippen LogP contribution in [0.5, 0.6) is 0 Å². The van der Waals surface area contributed by atoms with Crippen molar-refractivity contribution in [3.8, 4) is 0 Å². The molecule has 0 spiro atoms. The van der Waals surface area contributed by atoms with Crippen LogP contribution in [0.25, 0.3) is 21.1 Å². The van der Waals surface area contributed by atoms with Crippen molar-refractivity contribution in [1.82, 2.24) is 14.5 Å². The van der Waals surface area contributed by atoms with E-state index in [0.29, 0.717) is 21.9 Å². The minimum atomic E-state index is -0.423. The first-order chi connectivity index (χ1) is 13.6. The zero-order valence-corrected chi connectivity index (χ0v) is 17.0. The van der Waals surface area contributed by atoms with Crippen LogP contribution in [-0.4, -0.2) is 25.7 Å². The van der Waals surface area contributed by atoms with Gasteiger partial charge in [0.05, 0.1) is 22.0 Å². The van der Waals surface area contributed by atoms with E-state index < -0.39 is 5.25 Å². The average molecular weight is 411 g/mol. The summed E-state index contributed by atoms with van der Waals surface area (Å²) in [4.78, 5) is 34.3. The summed E-state index contributed by atoms with van der Waals surface area (Å²) in [5, 5.41) is 5.86. The van der Waals surface area contributed by atoms with Crippen molar-refractivity contribution in [3.63, 3.8) is 0 Å². The summed E-state index contributed by atoms with van der Waals surface area (Å²) < 4.78 is 2.27. The van der Waals surface area contributed by atoms with Crippen LogP contribution in [0.2, 0.25) is 0 Å². The van der Waals surface area contributed by atoms with Crippen LogP contribution in [0.1, 0.15) is 13.8 Å². The molecule has 0 aliphatic carbocycles. The standard InChI is InChI=1S/C20H18N4O2S2/c1-3-24-19(26)17-16(9-11-27-17)23-20(24)28-12(2)18(25)22-15-8-4-7-14-13(15)6-5-10-21-14/h4-12H,3H2,1-2H3,(H,22,25)/t12-/m0/s1. The Bertz CT molecular complexity index is 1230. The Kier molecular flexibility index (Phi) is 5.15. The zero-order valence-electron chi connectivity index (χ0n) is 15.4. The first-order valence-electron chi connectivity index (χ1n) is 8.87. The number of nitrogens with zero attached hydrogens (tertiary/aromatic N) is 3. The maximum atomic E-state index is 12.8. The number of pyridine rings is 1. The Morgan fingerprint density at radius 3 is 2.93 bits per heavy atom. The van der Waals surface area contributed by atoms with Crippen molar-refractivity contribution in [2.75, 3.05) is 5.32 Å². The molecule has 0 aliphatic heterocycles. The van der Waals surface area contributed by atoms with Gasteiger partial charge in [0.2, 0.25) is 5.91 Å². The van der Waals surface area contributed by atoms with Gasteiger partial charge in [-0.05, 0) is 49.6 Å². The number of carbonyl (C=O) groups is 1. The molecular weight excluding hydrogens is 392 g/mol. The van der Waals surface area contributed by atoms with Crippen LogP contribution >= 0.6 is 23.1 Å². The summed E-state index contributed by atoms with van der Waals surface area (Å²) in [6.45, 7) is 4.22. The van der Waals surface area contributed by atoms with E-state index in [1.165, 1.54) is 23.1 Å². The molecule has 0 aliphatic rings. The first-order valence-corrected chi connectivity index (χ1v) is 10.6. The van der Waals surface area contributed by atoms with Gasteiger partial charge in [-0.1, -0.05) is 17.8 Å². The number of aromatic nitrogens is 3. The molecule has 0 bridgehead atoms. The Hall–Kier alpha value is -2.71. The lowest BCUT2D eigenvalue weighted by Crippen LogP contribution is -2.26. The molecule has 4 aromatic rings. The minimum Gasteiger partial charge on any atom is -0.324 e. The third kappa shape index (κ3) is 3.41. The highest BCUT2D eigenvalue weighted by atomic mass is 32.2. The molecule has 3 aromatic heterocycles. The van der Waals surface area contributed by atoms with Gasteiger partial charge in [-0.25, -0.2) is 4.98 Å².